The van der Waals surface area contributed by atoms with Gasteiger partial charge in [-0.1, -0.05) is 31.5 Å². The molecule has 1 aromatic carbocycles. The second-order valence-corrected chi connectivity index (χ2v) is 5.79. The fraction of sp³-hybridized carbons (Fsp3) is 0.562. The van der Waals surface area contributed by atoms with E-state index < -0.39 is 0 Å². The van der Waals surface area contributed by atoms with Crippen LogP contribution in [0.15, 0.2) is 18.2 Å². The van der Waals surface area contributed by atoms with E-state index in [2.05, 4.69) is 54.5 Å². The Bertz CT molecular complexity index is 471. The number of benzene rings is 1. The molecular weight excluding hydrogens is 250 g/mol. The predicted molar refractivity (Wildman–Crippen MR) is 83.0 cm³/mol. The van der Waals surface area contributed by atoms with Crippen LogP contribution in [-0.4, -0.2) is 31.6 Å². The first-order valence-electron chi connectivity index (χ1n) is 7.41. The maximum Gasteiger partial charge on any atom is 0.239 e. The SMILES string of the molecule is Cc1ccc(N2CCCNC(=O)C2)c(CNC(C)C)c1. The number of aryl methyl sites for hydroxylation is 1. The summed E-state index contributed by atoms with van der Waals surface area (Å²) in [7, 11) is 0. The monoisotopic (exact) mass is 275 g/mol. The first kappa shape index (κ1) is 14.9. The molecule has 1 saturated heterocycles. The van der Waals surface area contributed by atoms with Gasteiger partial charge in [-0.15, -0.1) is 0 Å². The lowest BCUT2D eigenvalue weighted by molar-refractivity contribution is -0.119. The van der Waals surface area contributed by atoms with E-state index in [4.69, 9.17) is 0 Å². The molecule has 20 heavy (non-hydrogen) atoms. The molecule has 0 radical (unpaired) electrons. The van der Waals surface area contributed by atoms with E-state index in [1.807, 2.05) is 0 Å². The van der Waals surface area contributed by atoms with Crippen molar-refractivity contribution in [2.75, 3.05) is 24.5 Å². The number of hydrogen-bond acceptors (Lipinski definition) is 3. The number of anilines is 1. The number of nitrogens with one attached hydrogen (secondary N) is 2. The zero-order chi connectivity index (χ0) is 14.5. The summed E-state index contributed by atoms with van der Waals surface area (Å²) < 4.78 is 0. The van der Waals surface area contributed by atoms with Crippen LogP contribution in [-0.2, 0) is 11.3 Å². The van der Waals surface area contributed by atoms with Crippen LogP contribution < -0.4 is 15.5 Å². The molecule has 0 aromatic heterocycles. The molecule has 110 valence electrons. The van der Waals surface area contributed by atoms with Crippen LogP contribution in [0.1, 0.15) is 31.4 Å². The van der Waals surface area contributed by atoms with Gasteiger partial charge in [0, 0.05) is 31.4 Å². The van der Waals surface area contributed by atoms with Crippen molar-refractivity contribution in [3.05, 3.63) is 29.3 Å². The zero-order valence-electron chi connectivity index (χ0n) is 12.7. The highest BCUT2D eigenvalue weighted by Gasteiger charge is 2.17. The lowest BCUT2D eigenvalue weighted by Crippen LogP contribution is -2.34. The summed E-state index contributed by atoms with van der Waals surface area (Å²) in [5.41, 5.74) is 3.71. The third kappa shape index (κ3) is 3.97. The van der Waals surface area contributed by atoms with E-state index >= 15 is 0 Å². The Labute approximate surface area is 121 Å². The third-order valence-corrected chi connectivity index (χ3v) is 3.54. The van der Waals surface area contributed by atoms with Crippen molar-refractivity contribution in [3.63, 3.8) is 0 Å². The van der Waals surface area contributed by atoms with Crippen LogP contribution in [0.5, 0.6) is 0 Å². The van der Waals surface area contributed by atoms with Crippen LogP contribution >= 0.6 is 0 Å². The minimum absolute atomic E-state index is 0.117. The van der Waals surface area contributed by atoms with Crippen LogP contribution in [0.3, 0.4) is 0 Å². The molecule has 0 saturated carbocycles. The fourth-order valence-corrected chi connectivity index (χ4v) is 2.49. The average molecular weight is 275 g/mol. The van der Waals surface area contributed by atoms with Gasteiger partial charge in [0.1, 0.15) is 0 Å². The van der Waals surface area contributed by atoms with E-state index in [0.29, 0.717) is 12.6 Å². The topological polar surface area (TPSA) is 44.4 Å². The maximum absolute atomic E-state index is 11.7. The highest BCUT2D eigenvalue weighted by molar-refractivity contribution is 5.82. The van der Waals surface area contributed by atoms with Gasteiger partial charge in [-0.2, -0.15) is 0 Å². The van der Waals surface area contributed by atoms with E-state index in [0.717, 1.165) is 26.1 Å². The first-order valence-corrected chi connectivity index (χ1v) is 7.41. The molecule has 1 amide bonds. The molecule has 0 spiro atoms. The van der Waals surface area contributed by atoms with Gasteiger partial charge in [0.05, 0.1) is 6.54 Å². The van der Waals surface area contributed by atoms with Gasteiger partial charge >= 0.3 is 0 Å². The van der Waals surface area contributed by atoms with Gasteiger partial charge in [0.15, 0.2) is 0 Å². The van der Waals surface area contributed by atoms with Gasteiger partial charge in [0.2, 0.25) is 5.91 Å². The lowest BCUT2D eigenvalue weighted by atomic mass is 10.1. The molecular formula is C16H25N3O. The molecule has 4 heteroatoms. The highest BCUT2D eigenvalue weighted by Crippen LogP contribution is 2.23. The summed E-state index contributed by atoms with van der Waals surface area (Å²) in [5.74, 6) is 0.117. The molecule has 1 aliphatic rings. The highest BCUT2D eigenvalue weighted by atomic mass is 16.2. The fourth-order valence-electron chi connectivity index (χ4n) is 2.49. The number of hydrogen-bond donors (Lipinski definition) is 2. The Hall–Kier alpha value is -1.55. The van der Waals surface area contributed by atoms with Gasteiger partial charge in [0.25, 0.3) is 0 Å². The van der Waals surface area contributed by atoms with Gasteiger partial charge < -0.3 is 15.5 Å². The summed E-state index contributed by atoms with van der Waals surface area (Å²) in [6, 6.07) is 6.94. The Balaban J connectivity index is 2.22. The molecule has 4 nitrogen and oxygen atoms in total. The van der Waals surface area contributed by atoms with Gasteiger partial charge in [-0.05, 0) is 25.0 Å². The smallest absolute Gasteiger partial charge is 0.239 e. The van der Waals surface area contributed by atoms with Crippen molar-refractivity contribution >= 4 is 11.6 Å². The second kappa shape index (κ2) is 6.75. The number of carbonyl (C=O) groups is 1. The molecule has 0 aliphatic carbocycles. The van der Waals surface area contributed by atoms with Crippen molar-refractivity contribution in [2.45, 2.75) is 39.8 Å². The van der Waals surface area contributed by atoms with Crippen LogP contribution in [0.25, 0.3) is 0 Å². The van der Waals surface area contributed by atoms with Crippen molar-refractivity contribution in [3.8, 4) is 0 Å². The number of rotatable bonds is 4. The van der Waals surface area contributed by atoms with Crippen molar-refractivity contribution < 1.29 is 4.79 Å². The number of amides is 1. The molecule has 0 atom stereocenters. The molecule has 1 fully saturated rings. The standard InChI is InChI=1S/C16H25N3O/c1-12(2)18-10-14-9-13(3)5-6-15(14)19-8-4-7-17-16(20)11-19/h5-6,9,12,18H,4,7-8,10-11H2,1-3H3,(H,17,20). The Morgan fingerprint density at radius 3 is 2.95 bits per heavy atom. The van der Waals surface area contributed by atoms with Crippen LogP contribution in [0, 0.1) is 6.92 Å². The Morgan fingerprint density at radius 2 is 2.20 bits per heavy atom. The summed E-state index contributed by atoms with van der Waals surface area (Å²) in [5, 5.41) is 6.40. The third-order valence-electron chi connectivity index (χ3n) is 3.54. The van der Waals surface area contributed by atoms with Gasteiger partial charge in [-0.25, -0.2) is 0 Å². The predicted octanol–water partition coefficient (Wildman–Crippen LogP) is 1.82. The Kier molecular flexibility index (Phi) is 5.01. The van der Waals surface area contributed by atoms with E-state index in [-0.39, 0.29) is 5.91 Å². The number of carbonyl (C=O) groups excluding carboxylic acids is 1. The number of nitrogens with zero attached hydrogens (tertiary/aromatic N) is 1. The molecule has 0 bridgehead atoms. The molecule has 1 aliphatic heterocycles. The minimum atomic E-state index is 0.117. The Morgan fingerprint density at radius 1 is 1.40 bits per heavy atom. The summed E-state index contributed by atoms with van der Waals surface area (Å²) in [6.07, 6.45) is 0.997. The van der Waals surface area contributed by atoms with Gasteiger partial charge in [-0.3, -0.25) is 4.79 Å². The maximum atomic E-state index is 11.7. The van der Waals surface area contributed by atoms with Crippen LogP contribution in [0.4, 0.5) is 5.69 Å². The van der Waals surface area contributed by atoms with Crippen molar-refractivity contribution in [2.24, 2.45) is 0 Å². The van der Waals surface area contributed by atoms with E-state index in [1.165, 1.54) is 16.8 Å². The molecule has 2 N–H and O–H groups in total. The van der Waals surface area contributed by atoms with Crippen molar-refractivity contribution in [1.29, 1.82) is 0 Å². The zero-order valence-corrected chi connectivity index (χ0v) is 12.7. The molecule has 1 heterocycles. The minimum Gasteiger partial charge on any atom is -0.362 e. The van der Waals surface area contributed by atoms with E-state index in [9.17, 15) is 4.79 Å². The molecule has 1 aromatic rings. The van der Waals surface area contributed by atoms with Crippen molar-refractivity contribution in [1.82, 2.24) is 10.6 Å². The summed E-state index contributed by atoms with van der Waals surface area (Å²) in [6.45, 7) is 9.41. The normalized spacial score (nSPS) is 16.2. The molecule has 2 rings (SSSR count). The summed E-state index contributed by atoms with van der Waals surface area (Å²) in [4.78, 5) is 13.9. The largest absolute Gasteiger partial charge is 0.362 e. The molecule has 0 unspecified atom stereocenters. The van der Waals surface area contributed by atoms with Crippen LogP contribution in [0.2, 0.25) is 0 Å². The quantitative estimate of drug-likeness (QED) is 0.881. The van der Waals surface area contributed by atoms with E-state index in [1.54, 1.807) is 0 Å². The summed E-state index contributed by atoms with van der Waals surface area (Å²) >= 11 is 0. The first-order chi connectivity index (χ1) is 9.56. The lowest BCUT2D eigenvalue weighted by Gasteiger charge is -2.25. The second-order valence-electron chi connectivity index (χ2n) is 5.79. The average Bonchev–Trinajstić information content (AvgIpc) is 2.61.